The van der Waals surface area contributed by atoms with Crippen LogP contribution in [0.1, 0.15) is 37.1 Å². The van der Waals surface area contributed by atoms with E-state index in [4.69, 9.17) is 0 Å². The van der Waals surface area contributed by atoms with Gasteiger partial charge in [0.25, 0.3) is 0 Å². The van der Waals surface area contributed by atoms with Crippen molar-refractivity contribution in [2.75, 3.05) is 14.1 Å². The van der Waals surface area contributed by atoms with Gasteiger partial charge in [-0.1, -0.05) is 0 Å². The van der Waals surface area contributed by atoms with E-state index in [0.29, 0.717) is 11.5 Å². The molecule has 1 saturated carbocycles. The highest BCUT2D eigenvalue weighted by Gasteiger charge is 2.38. The van der Waals surface area contributed by atoms with Crippen LogP contribution < -0.4 is 0 Å². The lowest BCUT2D eigenvalue weighted by molar-refractivity contribution is 0.178. The van der Waals surface area contributed by atoms with Crippen LogP contribution in [-0.2, 0) is 0 Å². The molecule has 0 bridgehead atoms. The Morgan fingerprint density at radius 3 is 2.86 bits per heavy atom. The van der Waals surface area contributed by atoms with Crippen LogP contribution in [0.4, 0.5) is 0 Å². The monoisotopic (exact) mass is 210 g/mol. The van der Waals surface area contributed by atoms with Crippen LogP contribution in [0, 0.1) is 0 Å². The van der Waals surface area contributed by atoms with Gasteiger partial charge in [-0.25, -0.2) is 4.98 Å². The van der Waals surface area contributed by atoms with Gasteiger partial charge >= 0.3 is 0 Å². The highest BCUT2D eigenvalue weighted by molar-refractivity contribution is 7.09. The topological polar surface area (TPSA) is 16.1 Å². The summed E-state index contributed by atoms with van der Waals surface area (Å²) in [6, 6.07) is 0. The first-order valence-electron chi connectivity index (χ1n) is 5.19. The van der Waals surface area contributed by atoms with Gasteiger partial charge < -0.3 is 4.90 Å². The molecule has 0 radical (unpaired) electrons. The third-order valence-electron chi connectivity index (χ3n) is 3.60. The SMILES string of the molecule is CN(C)C1(C)CCC(c2nccs2)C1. The van der Waals surface area contributed by atoms with Gasteiger partial charge in [-0.05, 0) is 40.3 Å². The molecule has 3 heteroatoms. The van der Waals surface area contributed by atoms with Crippen molar-refractivity contribution < 1.29 is 0 Å². The Bertz CT molecular complexity index is 294. The van der Waals surface area contributed by atoms with Crippen molar-refractivity contribution in [2.24, 2.45) is 0 Å². The Labute approximate surface area is 90.0 Å². The van der Waals surface area contributed by atoms with E-state index in [1.54, 1.807) is 11.3 Å². The number of hydrogen-bond acceptors (Lipinski definition) is 3. The minimum atomic E-state index is 0.385. The van der Waals surface area contributed by atoms with Crippen LogP contribution in [-0.4, -0.2) is 29.5 Å². The maximum atomic E-state index is 4.42. The molecule has 0 N–H and O–H groups in total. The first kappa shape index (κ1) is 10.1. The molecule has 1 aliphatic rings. The summed E-state index contributed by atoms with van der Waals surface area (Å²) in [6.45, 7) is 2.36. The lowest BCUT2D eigenvalue weighted by Gasteiger charge is -2.32. The molecule has 1 aliphatic carbocycles. The van der Waals surface area contributed by atoms with E-state index in [1.165, 1.54) is 24.3 Å². The molecule has 14 heavy (non-hydrogen) atoms. The zero-order chi connectivity index (χ0) is 10.2. The Kier molecular flexibility index (Phi) is 2.62. The van der Waals surface area contributed by atoms with E-state index in [2.05, 4.69) is 36.3 Å². The van der Waals surface area contributed by atoms with Gasteiger partial charge in [-0.15, -0.1) is 11.3 Å². The molecule has 2 unspecified atom stereocenters. The van der Waals surface area contributed by atoms with Gasteiger partial charge in [0.2, 0.25) is 0 Å². The average molecular weight is 210 g/mol. The third-order valence-corrected chi connectivity index (χ3v) is 4.54. The summed E-state index contributed by atoms with van der Waals surface area (Å²) in [5, 5.41) is 3.41. The van der Waals surface area contributed by atoms with Crippen molar-refractivity contribution in [2.45, 2.75) is 37.6 Å². The maximum Gasteiger partial charge on any atom is 0.0956 e. The summed E-state index contributed by atoms with van der Waals surface area (Å²) in [4.78, 5) is 6.78. The fourth-order valence-electron chi connectivity index (χ4n) is 2.27. The van der Waals surface area contributed by atoms with Gasteiger partial charge in [-0.2, -0.15) is 0 Å². The van der Waals surface area contributed by atoms with E-state index < -0.39 is 0 Å². The van der Waals surface area contributed by atoms with E-state index in [9.17, 15) is 0 Å². The first-order chi connectivity index (χ1) is 6.62. The van der Waals surface area contributed by atoms with Crippen LogP contribution in [0.25, 0.3) is 0 Å². The van der Waals surface area contributed by atoms with Gasteiger partial charge in [-0.3, -0.25) is 0 Å². The van der Waals surface area contributed by atoms with Crippen molar-refractivity contribution in [3.05, 3.63) is 16.6 Å². The molecule has 78 valence electrons. The molecule has 2 rings (SSSR count). The Balaban J connectivity index is 2.08. The smallest absolute Gasteiger partial charge is 0.0956 e. The minimum absolute atomic E-state index is 0.385. The van der Waals surface area contributed by atoms with Crippen molar-refractivity contribution in [1.82, 2.24) is 9.88 Å². The van der Waals surface area contributed by atoms with Crippen molar-refractivity contribution in [3.8, 4) is 0 Å². The zero-order valence-electron chi connectivity index (χ0n) is 9.16. The van der Waals surface area contributed by atoms with Gasteiger partial charge in [0.05, 0.1) is 5.01 Å². The van der Waals surface area contributed by atoms with Crippen LogP contribution >= 0.6 is 11.3 Å². The summed E-state index contributed by atoms with van der Waals surface area (Å²) in [5.74, 6) is 0.697. The molecule has 1 heterocycles. The van der Waals surface area contributed by atoms with Crippen LogP contribution in [0.3, 0.4) is 0 Å². The normalized spacial score (nSPS) is 32.7. The van der Waals surface area contributed by atoms with Gasteiger partial charge in [0.1, 0.15) is 0 Å². The highest BCUT2D eigenvalue weighted by Crippen LogP contribution is 2.43. The summed E-state index contributed by atoms with van der Waals surface area (Å²) in [6.07, 6.45) is 5.77. The quantitative estimate of drug-likeness (QED) is 0.746. The predicted octanol–water partition coefficient (Wildman–Crippen LogP) is 2.73. The molecule has 0 spiro atoms. The largest absolute Gasteiger partial charge is 0.304 e. The van der Waals surface area contributed by atoms with Crippen LogP contribution in [0.15, 0.2) is 11.6 Å². The predicted molar refractivity (Wildman–Crippen MR) is 60.8 cm³/mol. The summed E-state index contributed by atoms with van der Waals surface area (Å²) >= 11 is 1.80. The van der Waals surface area contributed by atoms with Crippen molar-refractivity contribution in [3.63, 3.8) is 0 Å². The van der Waals surface area contributed by atoms with Crippen LogP contribution in [0.5, 0.6) is 0 Å². The van der Waals surface area contributed by atoms with E-state index in [0.717, 1.165) is 0 Å². The Morgan fingerprint density at radius 2 is 2.36 bits per heavy atom. The van der Waals surface area contributed by atoms with E-state index >= 15 is 0 Å². The first-order valence-corrected chi connectivity index (χ1v) is 6.06. The molecular formula is C11H18N2S. The summed E-state index contributed by atoms with van der Waals surface area (Å²) in [5.41, 5.74) is 0.385. The standard InChI is InChI=1S/C11H18N2S/c1-11(13(2)3)5-4-9(8-11)10-12-6-7-14-10/h6-7,9H,4-5,8H2,1-3H3. The number of hydrogen-bond donors (Lipinski definition) is 0. The van der Waals surface area contributed by atoms with Crippen LogP contribution in [0.2, 0.25) is 0 Å². The molecule has 2 nitrogen and oxygen atoms in total. The maximum absolute atomic E-state index is 4.42. The van der Waals surface area contributed by atoms with E-state index in [1.807, 2.05) is 6.20 Å². The Morgan fingerprint density at radius 1 is 1.57 bits per heavy atom. The zero-order valence-corrected chi connectivity index (χ0v) is 9.97. The molecule has 1 fully saturated rings. The lowest BCUT2D eigenvalue weighted by atomic mass is 9.97. The average Bonchev–Trinajstić information content (AvgIpc) is 2.72. The second-order valence-corrected chi connectivity index (χ2v) is 5.63. The molecule has 1 aromatic rings. The third kappa shape index (κ3) is 1.71. The molecule has 0 amide bonds. The van der Waals surface area contributed by atoms with Crippen molar-refractivity contribution >= 4 is 11.3 Å². The second kappa shape index (κ2) is 3.63. The van der Waals surface area contributed by atoms with Gasteiger partial charge in [0, 0.05) is 23.0 Å². The number of rotatable bonds is 2. The minimum Gasteiger partial charge on any atom is -0.304 e. The lowest BCUT2D eigenvalue weighted by Crippen LogP contribution is -2.38. The molecule has 1 aromatic heterocycles. The fourth-order valence-corrected chi connectivity index (χ4v) is 3.05. The Hall–Kier alpha value is -0.410. The summed E-state index contributed by atoms with van der Waals surface area (Å²) < 4.78 is 0. The molecule has 0 aromatic carbocycles. The van der Waals surface area contributed by atoms with E-state index in [-0.39, 0.29) is 0 Å². The molecule has 0 saturated heterocycles. The molecule has 0 aliphatic heterocycles. The number of thiazole rings is 1. The number of aromatic nitrogens is 1. The second-order valence-electron chi connectivity index (χ2n) is 4.70. The van der Waals surface area contributed by atoms with Gasteiger partial charge in [0.15, 0.2) is 0 Å². The molecule has 2 atom stereocenters. The number of nitrogens with zero attached hydrogens (tertiary/aromatic N) is 2. The summed E-state index contributed by atoms with van der Waals surface area (Å²) in [7, 11) is 4.37. The van der Waals surface area contributed by atoms with Crippen molar-refractivity contribution in [1.29, 1.82) is 0 Å². The highest BCUT2D eigenvalue weighted by atomic mass is 32.1. The fraction of sp³-hybridized carbons (Fsp3) is 0.727. The molecular weight excluding hydrogens is 192 g/mol.